The number of thiazole rings is 1. The van der Waals surface area contributed by atoms with Crippen LogP contribution in [0.15, 0.2) is 5.38 Å². The van der Waals surface area contributed by atoms with Crippen LogP contribution in [-0.2, 0) is 16.1 Å². The fourth-order valence-electron chi connectivity index (χ4n) is 2.17. The summed E-state index contributed by atoms with van der Waals surface area (Å²) in [5.74, 6) is -0.136. The topological polar surface area (TPSA) is 62.3 Å². The van der Waals surface area contributed by atoms with Gasteiger partial charge in [-0.3, -0.25) is 9.59 Å². The number of rotatable bonds is 3. The van der Waals surface area contributed by atoms with Crippen LogP contribution in [0.5, 0.6) is 0 Å². The lowest BCUT2D eigenvalue weighted by Gasteiger charge is -2.42. The summed E-state index contributed by atoms with van der Waals surface area (Å²) in [7, 11) is 0. The van der Waals surface area contributed by atoms with Crippen molar-refractivity contribution in [2.45, 2.75) is 52.2 Å². The highest BCUT2D eigenvalue weighted by Crippen LogP contribution is 2.23. The molecule has 2 amide bonds. The van der Waals surface area contributed by atoms with Gasteiger partial charge in [0.15, 0.2) is 0 Å². The van der Waals surface area contributed by atoms with E-state index in [0.29, 0.717) is 13.0 Å². The van der Waals surface area contributed by atoms with E-state index in [9.17, 15) is 9.59 Å². The Labute approximate surface area is 117 Å². The van der Waals surface area contributed by atoms with Gasteiger partial charge >= 0.3 is 0 Å². The number of carbonyl (C=O) groups is 2. The van der Waals surface area contributed by atoms with Crippen LogP contribution in [0.3, 0.4) is 0 Å². The molecule has 5 nitrogen and oxygen atoms in total. The normalized spacial score (nSPS) is 27.6. The Morgan fingerprint density at radius 3 is 2.74 bits per heavy atom. The van der Waals surface area contributed by atoms with E-state index in [2.05, 4.69) is 10.3 Å². The molecule has 1 aromatic heterocycles. The quantitative estimate of drug-likeness (QED) is 0.912. The molecule has 0 aliphatic carbocycles. The van der Waals surface area contributed by atoms with Crippen LogP contribution in [0.25, 0.3) is 0 Å². The number of hydrogen-bond donors (Lipinski definition) is 1. The molecule has 1 fully saturated rings. The highest BCUT2D eigenvalue weighted by atomic mass is 32.1. The van der Waals surface area contributed by atoms with Crippen molar-refractivity contribution < 1.29 is 9.59 Å². The Kier molecular flexibility index (Phi) is 3.62. The van der Waals surface area contributed by atoms with Crippen molar-refractivity contribution >= 4 is 23.2 Å². The lowest BCUT2D eigenvalue weighted by atomic mass is 9.92. The third-order valence-electron chi connectivity index (χ3n) is 3.68. The molecule has 104 valence electrons. The van der Waals surface area contributed by atoms with Crippen LogP contribution in [0.1, 0.15) is 37.9 Å². The molecule has 2 unspecified atom stereocenters. The molecule has 2 atom stereocenters. The summed E-state index contributed by atoms with van der Waals surface area (Å²) in [6, 6.07) is -0.450. The van der Waals surface area contributed by atoms with Crippen molar-refractivity contribution in [3.8, 4) is 0 Å². The van der Waals surface area contributed by atoms with E-state index in [-0.39, 0.29) is 11.8 Å². The molecular formula is C13H19N3O2S. The molecule has 1 aliphatic heterocycles. The van der Waals surface area contributed by atoms with Crippen LogP contribution in [0, 0.1) is 6.92 Å². The smallest absolute Gasteiger partial charge is 0.249 e. The van der Waals surface area contributed by atoms with Gasteiger partial charge < -0.3 is 10.2 Å². The van der Waals surface area contributed by atoms with Gasteiger partial charge in [0.2, 0.25) is 11.8 Å². The molecule has 1 aromatic rings. The predicted octanol–water partition coefficient (Wildman–Crippen LogP) is 1.47. The molecule has 19 heavy (non-hydrogen) atoms. The van der Waals surface area contributed by atoms with Crippen LogP contribution in [0.4, 0.5) is 0 Å². The fraction of sp³-hybridized carbons (Fsp3) is 0.615. The van der Waals surface area contributed by atoms with Crippen LogP contribution in [-0.4, -0.2) is 33.3 Å². The summed E-state index contributed by atoms with van der Waals surface area (Å²) in [4.78, 5) is 30.5. The van der Waals surface area contributed by atoms with Gasteiger partial charge in [-0.1, -0.05) is 6.92 Å². The van der Waals surface area contributed by atoms with Gasteiger partial charge in [0.1, 0.15) is 11.6 Å². The van der Waals surface area contributed by atoms with Crippen LogP contribution < -0.4 is 5.32 Å². The van der Waals surface area contributed by atoms with E-state index < -0.39 is 11.6 Å². The lowest BCUT2D eigenvalue weighted by Crippen LogP contribution is -2.68. The third kappa shape index (κ3) is 2.49. The van der Waals surface area contributed by atoms with Crippen LogP contribution >= 0.6 is 11.3 Å². The number of hydrogen-bond acceptors (Lipinski definition) is 4. The van der Waals surface area contributed by atoms with Gasteiger partial charge in [0.25, 0.3) is 0 Å². The zero-order valence-electron chi connectivity index (χ0n) is 11.7. The van der Waals surface area contributed by atoms with Gasteiger partial charge in [-0.2, -0.15) is 0 Å². The minimum atomic E-state index is -0.797. The summed E-state index contributed by atoms with van der Waals surface area (Å²) in [6.45, 7) is 7.76. The first-order valence-corrected chi connectivity index (χ1v) is 7.29. The van der Waals surface area contributed by atoms with Gasteiger partial charge in [0.05, 0.1) is 17.2 Å². The molecule has 0 spiro atoms. The average Bonchev–Trinajstić information content (AvgIpc) is 2.78. The number of amides is 2. The highest BCUT2D eigenvalue weighted by molar-refractivity contribution is 7.09. The maximum atomic E-state index is 12.5. The molecule has 1 N–H and O–H groups in total. The van der Waals surface area contributed by atoms with E-state index >= 15 is 0 Å². The summed E-state index contributed by atoms with van der Waals surface area (Å²) in [5, 5.41) is 5.72. The molecule has 2 rings (SSSR count). The van der Waals surface area contributed by atoms with Crippen molar-refractivity contribution in [3.05, 3.63) is 16.1 Å². The molecule has 0 aromatic carbocycles. The molecule has 2 heterocycles. The zero-order chi connectivity index (χ0) is 14.2. The predicted molar refractivity (Wildman–Crippen MR) is 73.7 cm³/mol. The van der Waals surface area contributed by atoms with Crippen molar-refractivity contribution in [3.63, 3.8) is 0 Å². The van der Waals surface area contributed by atoms with Crippen molar-refractivity contribution in [1.82, 2.24) is 15.2 Å². The van der Waals surface area contributed by atoms with E-state index in [1.54, 1.807) is 30.1 Å². The van der Waals surface area contributed by atoms with Crippen molar-refractivity contribution in [2.24, 2.45) is 0 Å². The van der Waals surface area contributed by atoms with E-state index in [4.69, 9.17) is 0 Å². The van der Waals surface area contributed by atoms with Gasteiger partial charge in [0, 0.05) is 5.38 Å². The van der Waals surface area contributed by atoms with Crippen LogP contribution in [0.2, 0.25) is 0 Å². The fourth-order valence-corrected chi connectivity index (χ4v) is 2.77. The molecule has 1 saturated heterocycles. The second-order valence-electron chi connectivity index (χ2n) is 5.14. The Balaban J connectivity index is 2.25. The Morgan fingerprint density at radius 1 is 1.53 bits per heavy atom. The average molecular weight is 281 g/mol. The van der Waals surface area contributed by atoms with E-state index in [1.165, 1.54) is 0 Å². The largest absolute Gasteiger partial charge is 0.340 e. The van der Waals surface area contributed by atoms with Crippen molar-refractivity contribution in [1.29, 1.82) is 0 Å². The van der Waals surface area contributed by atoms with Gasteiger partial charge in [-0.15, -0.1) is 11.3 Å². The zero-order valence-corrected chi connectivity index (χ0v) is 12.5. The highest BCUT2D eigenvalue weighted by Gasteiger charge is 2.45. The summed E-state index contributed by atoms with van der Waals surface area (Å²) < 4.78 is 0. The van der Waals surface area contributed by atoms with E-state index in [0.717, 1.165) is 10.7 Å². The Bertz CT molecular complexity index is 514. The molecule has 0 saturated carbocycles. The number of aryl methyl sites for hydroxylation is 1. The van der Waals surface area contributed by atoms with Gasteiger partial charge in [-0.05, 0) is 27.2 Å². The maximum Gasteiger partial charge on any atom is 0.249 e. The molecular weight excluding hydrogens is 262 g/mol. The van der Waals surface area contributed by atoms with Crippen molar-refractivity contribution in [2.75, 3.05) is 0 Å². The first-order chi connectivity index (χ1) is 8.87. The summed E-state index contributed by atoms with van der Waals surface area (Å²) >= 11 is 1.55. The minimum absolute atomic E-state index is 0.0345. The Morgan fingerprint density at radius 2 is 2.21 bits per heavy atom. The summed E-state index contributed by atoms with van der Waals surface area (Å²) in [5.41, 5.74) is 0.0464. The number of carbonyl (C=O) groups excluding carboxylic acids is 2. The second-order valence-corrected chi connectivity index (χ2v) is 6.20. The Hall–Kier alpha value is -1.43. The number of piperazine rings is 1. The SMILES string of the molecule is CCC1(C)NC(=O)C(C)N(Cc2csc(C)n2)C1=O. The van der Waals surface area contributed by atoms with Gasteiger partial charge in [-0.25, -0.2) is 4.98 Å². The number of nitrogens with one attached hydrogen (secondary N) is 1. The third-order valence-corrected chi connectivity index (χ3v) is 4.51. The first-order valence-electron chi connectivity index (χ1n) is 6.41. The molecule has 0 radical (unpaired) electrons. The second kappa shape index (κ2) is 4.92. The summed E-state index contributed by atoms with van der Waals surface area (Å²) in [6.07, 6.45) is 0.580. The number of nitrogens with zero attached hydrogens (tertiary/aromatic N) is 2. The maximum absolute atomic E-state index is 12.5. The first kappa shape index (κ1) is 14.0. The standard InChI is InChI=1S/C13H19N3O2S/c1-5-13(4)12(18)16(8(2)11(17)15-13)6-10-7-19-9(3)14-10/h7-8H,5-6H2,1-4H3,(H,15,17). The molecule has 1 aliphatic rings. The minimum Gasteiger partial charge on any atom is -0.340 e. The number of aromatic nitrogens is 1. The lowest BCUT2D eigenvalue weighted by molar-refractivity contribution is -0.154. The molecule has 0 bridgehead atoms. The molecule has 6 heteroatoms. The van der Waals surface area contributed by atoms with E-state index in [1.807, 2.05) is 19.2 Å². The monoisotopic (exact) mass is 281 g/mol.